The second kappa shape index (κ2) is 5.35. The summed E-state index contributed by atoms with van der Waals surface area (Å²) in [6.07, 6.45) is 4.28. The number of aromatic nitrogens is 1. The van der Waals surface area contributed by atoms with Gasteiger partial charge in [0.05, 0.1) is 17.8 Å². The molecule has 1 fully saturated rings. The first-order chi connectivity index (χ1) is 8.59. The molecule has 2 amide bonds. The SMILES string of the molecule is Cc1cccnc1CNC(=O)NCC1(O)CCC1. The van der Waals surface area contributed by atoms with Gasteiger partial charge in [-0.2, -0.15) is 0 Å². The Morgan fingerprint density at radius 1 is 1.50 bits per heavy atom. The molecule has 2 rings (SSSR count). The highest BCUT2D eigenvalue weighted by atomic mass is 16.3. The number of aryl methyl sites for hydroxylation is 1. The van der Waals surface area contributed by atoms with Crippen LogP contribution in [0.3, 0.4) is 0 Å². The van der Waals surface area contributed by atoms with Crippen LogP contribution in [0.15, 0.2) is 18.3 Å². The maximum atomic E-state index is 11.6. The average Bonchev–Trinajstić information content (AvgIpc) is 2.33. The molecule has 0 aliphatic heterocycles. The molecule has 1 aromatic heterocycles. The van der Waals surface area contributed by atoms with E-state index in [1.807, 2.05) is 19.1 Å². The summed E-state index contributed by atoms with van der Waals surface area (Å²) in [7, 11) is 0. The molecule has 0 radical (unpaired) electrons. The van der Waals surface area contributed by atoms with Gasteiger partial charge in [0.1, 0.15) is 0 Å². The molecule has 98 valence electrons. The van der Waals surface area contributed by atoms with E-state index in [0.717, 1.165) is 30.5 Å². The Kier molecular flexibility index (Phi) is 3.81. The number of aliphatic hydroxyl groups is 1. The van der Waals surface area contributed by atoms with E-state index in [4.69, 9.17) is 0 Å². The van der Waals surface area contributed by atoms with Gasteiger partial charge in [-0.25, -0.2) is 4.79 Å². The van der Waals surface area contributed by atoms with Crippen molar-refractivity contribution in [1.29, 1.82) is 0 Å². The standard InChI is InChI=1S/C13H19N3O2/c1-10-4-2-7-14-11(10)8-15-12(17)16-9-13(18)5-3-6-13/h2,4,7,18H,3,5-6,8-9H2,1H3,(H2,15,16,17). The van der Waals surface area contributed by atoms with Gasteiger partial charge in [-0.05, 0) is 37.8 Å². The van der Waals surface area contributed by atoms with E-state index in [0.29, 0.717) is 13.1 Å². The first-order valence-electron chi connectivity index (χ1n) is 6.24. The van der Waals surface area contributed by atoms with Crippen molar-refractivity contribution < 1.29 is 9.90 Å². The molecule has 5 nitrogen and oxygen atoms in total. The fraction of sp³-hybridized carbons (Fsp3) is 0.538. The minimum Gasteiger partial charge on any atom is -0.388 e. The molecule has 5 heteroatoms. The number of hydrogen-bond donors (Lipinski definition) is 3. The third kappa shape index (κ3) is 3.20. The van der Waals surface area contributed by atoms with E-state index in [9.17, 15) is 9.90 Å². The van der Waals surface area contributed by atoms with Crippen LogP contribution in [0.1, 0.15) is 30.5 Å². The van der Waals surface area contributed by atoms with Crippen LogP contribution in [0.25, 0.3) is 0 Å². The van der Waals surface area contributed by atoms with Gasteiger partial charge in [0.25, 0.3) is 0 Å². The topological polar surface area (TPSA) is 74.2 Å². The van der Waals surface area contributed by atoms with E-state index in [2.05, 4.69) is 15.6 Å². The summed E-state index contributed by atoms with van der Waals surface area (Å²) in [5.74, 6) is 0. The molecule has 1 aromatic rings. The number of carbonyl (C=O) groups is 1. The van der Waals surface area contributed by atoms with Crippen LogP contribution in [-0.2, 0) is 6.54 Å². The Bertz CT molecular complexity index is 430. The number of urea groups is 1. The Labute approximate surface area is 107 Å². The van der Waals surface area contributed by atoms with Crippen molar-refractivity contribution >= 4 is 6.03 Å². The van der Waals surface area contributed by atoms with Gasteiger partial charge in [0.2, 0.25) is 0 Å². The van der Waals surface area contributed by atoms with Crippen LogP contribution >= 0.6 is 0 Å². The van der Waals surface area contributed by atoms with Crippen LogP contribution in [0.4, 0.5) is 4.79 Å². The van der Waals surface area contributed by atoms with Crippen molar-refractivity contribution in [3.63, 3.8) is 0 Å². The Balaban J connectivity index is 1.73. The van der Waals surface area contributed by atoms with Crippen molar-refractivity contribution in [2.45, 2.75) is 38.3 Å². The molecule has 0 spiro atoms. The van der Waals surface area contributed by atoms with Crippen molar-refractivity contribution in [3.8, 4) is 0 Å². The lowest BCUT2D eigenvalue weighted by atomic mass is 9.80. The number of hydrogen-bond acceptors (Lipinski definition) is 3. The van der Waals surface area contributed by atoms with Gasteiger partial charge in [-0.3, -0.25) is 4.98 Å². The fourth-order valence-electron chi connectivity index (χ4n) is 1.94. The maximum Gasteiger partial charge on any atom is 0.315 e. The quantitative estimate of drug-likeness (QED) is 0.748. The van der Waals surface area contributed by atoms with Crippen molar-refractivity contribution in [2.24, 2.45) is 0 Å². The zero-order chi connectivity index (χ0) is 13.0. The van der Waals surface area contributed by atoms with E-state index in [-0.39, 0.29) is 6.03 Å². The Hall–Kier alpha value is -1.62. The van der Waals surface area contributed by atoms with Crippen molar-refractivity contribution in [2.75, 3.05) is 6.54 Å². The lowest BCUT2D eigenvalue weighted by Gasteiger charge is -2.36. The molecule has 3 N–H and O–H groups in total. The van der Waals surface area contributed by atoms with E-state index in [1.54, 1.807) is 6.20 Å². The van der Waals surface area contributed by atoms with Gasteiger partial charge in [0, 0.05) is 12.7 Å². The zero-order valence-corrected chi connectivity index (χ0v) is 10.6. The van der Waals surface area contributed by atoms with Crippen LogP contribution in [-0.4, -0.2) is 28.3 Å². The van der Waals surface area contributed by atoms with Gasteiger partial charge in [-0.15, -0.1) is 0 Å². The van der Waals surface area contributed by atoms with Crippen LogP contribution in [0.5, 0.6) is 0 Å². The third-order valence-electron chi connectivity index (χ3n) is 3.40. The lowest BCUT2D eigenvalue weighted by molar-refractivity contribution is -0.0290. The van der Waals surface area contributed by atoms with E-state index < -0.39 is 5.60 Å². The molecule has 1 heterocycles. The summed E-state index contributed by atoms with van der Waals surface area (Å²) >= 11 is 0. The summed E-state index contributed by atoms with van der Waals surface area (Å²) in [4.78, 5) is 15.7. The Morgan fingerprint density at radius 2 is 2.28 bits per heavy atom. The highest BCUT2D eigenvalue weighted by Gasteiger charge is 2.34. The van der Waals surface area contributed by atoms with Gasteiger partial charge in [0.15, 0.2) is 0 Å². The van der Waals surface area contributed by atoms with Gasteiger partial charge in [-0.1, -0.05) is 6.07 Å². The number of rotatable bonds is 4. The normalized spacial score (nSPS) is 16.8. The molecule has 0 bridgehead atoms. The van der Waals surface area contributed by atoms with Gasteiger partial charge >= 0.3 is 6.03 Å². The monoisotopic (exact) mass is 249 g/mol. The minimum atomic E-state index is -0.682. The second-order valence-corrected chi connectivity index (χ2v) is 4.88. The highest BCUT2D eigenvalue weighted by molar-refractivity contribution is 5.73. The van der Waals surface area contributed by atoms with E-state index in [1.165, 1.54) is 0 Å². The summed E-state index contributed by atoms with van der Waals surface area (Å²) < 4.78 is 0. The molecular formula is C13H19N3O2. The molecule has 0 atom stereocenters. The molecule has 1 saturated carbocycles. The van der Waals surface area contributed by atoms with Gasteiger partial charge < -0.3 is 15.7 Å². The smallest absolute Gasteiger partial charge is 0.315 e. The number of carbonyl (C=O) groups excluding carboxylic acids is 1. The maximum absolute atomic E-state index is 11.6. The third-order valence-corrected chi connectivity index (χ3v) is 3.40. The minimum absolute atomic E-state index is 0.264. The van der Waals surface area contributed by atoms with Crippen LogP contribution in [0, 0.1) is 6.92 Å². The lowest BCUT2D eigenvalue weighted by Crippen LogP contribution is -2.50. The molecule has 0 unspecified atom stereocenters. The molecule has 18 heavy (non-hydrogen) atoms. The molecule has 0 saturated heterocycles. The number of nitrogens with one attached hydrogen (secondary N) is 2. The largest absolute Gasteiger partial charge is 0.388 e. The van der Waals surface area contributed by atoms with E-state index >= 15 is 0 Å². The highest BCUT2D eigenvalue weighted by Crippen LogP contribution is 2.30. The summed E-state index contributed by atoms with van der Waals surface area (Å²) in [6, 6.07) is 3.56. The summed E-state index contributed by atoms with van der Waals surface area (Å²) in [5.41, 5.74) is 1.23. The van der Waals surface area contributed by atoms with Crippen molar-refractivity contribution in [3.05, 3.63) is 29.6 Å². The number of nitrogens with zero attached hydrogens (tertiary/aromatic N) is 1. The predicted molar refractivity (Wildman–Crippen MR) is 68.0 cm³/mol. The molecular weight excluding hydrogens is 230 g/mol. The average molecular weight is 249 g/mol. The number of amides is 2. The summed E-state index contributed by atoms with van der Waals surface area (Å²) in [5, 5.41) is 15.3. The van der Waals surface area contributed by atoms with Crippen LogP contribution in [0.2, 0.25) is 0 Å². The van der Waals surface area contributed by atoms with Crippen molar-refractivity contribution in [1.82, 2.24) is 15.6 Å². The first kappa shape index (κ1) is 12.8. The fourth-order valence-corrected chi connectivity index (χ4v) is 1.94. The van der Waals surface area contributed by atoms with Crippen LogP contribution < -0.4 is 10.6 Å². The molecule has 0 aromatic carbocycles. The Morgan fingerprint density at radius 3 is 2.89 bits per heavy atom. The first-order valence-corrected chi connectivity index (χ1v) is 6.24. The zero-order valence-electron chi connectivity index (χ0n) is 10.6. The predicted octanol–water partition coefficient (Wildman–Crippen LogP) is 1.10. The summed E-state index contributed by atoms with van der Waals surface area (Å²) in [6.45, 7) is 2.68. The second-order valence-electron chi connectivity index (χ2n) is 4.88. The molecule has 1 aliphatic carbocycles. The number of pyridine rings is 1. The molecule has 1 aliphatic rings.